The molecule has 1 amide bonds. The van der Waals surface area contributed by atoms with Crippen molar-refractivity contribution in [2.24, 2.45) is 0 Å². The second-order valence-electron chi connectivity index (χ2n) is 5.01. The quantitative estimate of drug-likeness (QED) is 0.507. The summed E-state index contributed by atoms with van der Waals surface area (Å²) in [5, 5.41) is 2.52. The van der Waals surface area contributed by atoms with Gasteiger partial charge in [0.1, 0.15) is 6.61 Å². The van der Waals surface area contributed by atoms with E-state index < -0.39 is 12.1 Å². The molecule has 0 aromatic heterocycles. The Bertz CT molecular complexity index is 807. The monoisotopic (exact) mass is 338 g/mol. The Labute approximate surface area is 145 Å². The number of ether oxygens (including phenoxy) is 2. The largest absolute Gasteiger partial charge is 0.465 e. The number of rotatable bonds is 4. The predicted molar refractivity (Wildman–Crippen MR) is 93.7 cm³/mol. The molecule has 0 aliphatic rings. The summed E-state index contributed by atoms with van der Waals surface area (Å²) in [6.07, 6.45) is -0.566. The third-order valence-corrected chi connectivity index (χ3v) is 3.21. The van der Waals surface area contributed by atoms with Crippen molar-refractivity contribution >= 4 is 17.7 Å². The number of anilines is 1. The molecular formula is C19H18N2O4. The number of hydrogen-bond donors (Lipinski definition) is 2. The summed E-state index contributed by atoms with van der Waals surface area (Å²) in [4.78, 5) is 23.3. The van der Waals surface area contributed by atoms with Crippen LogP contribution in [0.2, 0.25) is 0 Å². The first-order valence-corrected chi connectivity index (χ1v) is 7.51. The molecule has 2 aromatic rings. The predicted octanol–water partition coefficient (Wildman–Crippen LogP) is 2.33. The van der Waals surface area contributed by atoms with Crippen LogP contribution in [0.15, 0.2) is 48.5 Å². The van der Waals surface area contributed by atoms with Gasteiger partial charge in [0.25, 0.3) is 0 Å². The van der Waals surface area contributed by atoms with Crippen LogP contribution in [-0.2, 0) is 16.1 Å². The molecule has 0 saturated carbocycles. The number of carbonyl (C=O) groups excluding carboxylic acids is 2. The molecule has 2 aromatic carbocycles. The zero-order valence-electron chi connectivity index (χ0n) is 13.7. The van der Waals surface area contributed by atoms with E-state index in [0.29, 0.717) is 11.3 Å². The van der Waals surface area contributed by atoms with Crippen LogP contribution in [0.5, 0.6) is 0 Å². The lowest BCUT2D eigenvalue weighted by Gasteiger charge is -2.05. The molecule has 6 nitrogen and oxygen atoms in total. The van der Waals surface area contributed by atoms with E-state index in [0.717, 1.165) is 5.56 Å². The Balaban J connectivity index is 1.88. The SMILES string of the molecule is COC(=O)c1cc(N)ccc1C#CCNC(=O)OCc1ccccc1. The van der Waals surface area contributed by atoms with Gasteiger partial charge in [0, 0.05) is 11.3 Å². The van der Waals surface area contributed by atoms with Gasteiger partial charge < -0.3 is 20.5 Å². The number of hydrogen-bond acceptors (Lipinski definition) is 5. The van der Waals surface area contributed by atoms with Crippen molar-refractivity contribution in [3.8, 4) is 11.8 Å². The molecule has 6 heteroatoms. The number of nitrogen functional groups attached to an aromatic ring is 1. The maximum absolute atomic E-state index is 11.7. The number of nitrogens with two attached hydrogens (primary N) is 1. The average Bonchev–Trinajstić information content (AvgIpc) is 2.64. The van der Waals surface area contributed by atoms with Gasteiger partial charge in [-0.1, -0.05) is 42.2 Å². The number of esters is 1. The average molecular weight is 338 g/mol. The molecule has 0 spiro atoms. The van der Waals surface area contributed by atoms with Crippen LogP contribution in [0.1, 0.15) is 21.5 Å². The molecule has 0 saturated heterocycles. The molecule has 0 atom stereocenters. The van der Waals surface area contributed by atoms with E-state index in [2.05, 4.69) is 17.2 Å². The standard InChI is InChI=1S/C19H18N2O4/c1-24-18(22)17-12-16(20)10-9-15(17)8-5-11-21-19(23)25-13-14-6-3-2-4-7-14/h2-4,6-7,9-10,12H,11,13,20H2,1H3,(H,21,23). The third kappa shape index (κ3) is 5.59. The number of methoxy groups -OCH3 is 1. The van der Waals surface area contributed by atoms with Gasteiger partial charge in [0.15, 0.2) is 0 Å². The highest BCUT2D eigenvalue weighted by Crippen LogP contribution is 2.13. The van der Waals surface area contributed by atoms with Gasteiger partial charge in [-0.05, 0) is 23.8 Å². The second-order valence-corrected chi connectivity index (χ2v) is 5.01. The summed E-state index contributed by atoms with van der Waals surface area (Å²) in [5.74, 6) is 5.05. The minimum atomic E-state index is -0.566. The first-order chi connectivity index (χ1) is 12.1. The van der Waals surface area contributed by atoms with E-state index >= 15 is 0 Å². The highest BCUT2D eigenvalue weighted by molar-refractivity contribution is 5.93. The molecular weight excluding hydrogens is 320 g/mol. The van der Waals surface area contributed by atoms with Crippen LogP contribution < -0.4 is 11.1 Å². The van der Waals surface area contributed by atoms with Gasteiger partial charge in [-0.25, -0.2) is 9.59 Å². The van der Waals surface area contributed by atoms with Crippen molar-refractivity contribution < 1.29 is 19.1 Å². The normalized spacial score (nSPS) is 9.48. The van der Waals surface area contributed by atoms with E-state index in [1.165, 1.54) is 13.2 Å². The molecule has 0 radical (unpaired) electrons. The van der Waals surface area contributed by atoms with Crippen molar-refractivity contribution in [2.45, 2.75) is 6.61 Å². The number of amides is 1. The van der Waals surface area contributed by atoms with Crippen molar-refractivity contribution in [2.75, 3.05) is 19.4 Å². The highest BCUT2D eigenvalue weighted by atomic mass is 16.5. The van der Waals surface area contributed by atoms with E-state index in [-0.39, 0.29) is 18.7 Å². The number of nitrogens with one attached hydrogen (secondary N) is 1. The van der Waals surface area contributed by atoms with Crippen molar-refractivity contribution in [3.63, 3.8) is 0 Å². The molecule has 0 aliphatic carbocycles. The van der Waals surface area contributed by atoms with E-state index in [4.69, 9.17) is 15.2 Å². The summed E-state index contributed by atoms with van der Waals surface area (Å²) in [6.45, 7) is 0.267. The fourth-order valence-corrected chi connectivity index (χ4v) is 1.98. The molecule has 0 fully saturated rings. The van der Waals surface area contributed by atoms with Crippen LogP contribution in [0, 0.1) is 11.8 Å². The van der Waals surface area contributed by atoms with Crippen molar-refractivity contribution in [3.05, 3.63) is 65.2 Å². The lowest BCUT2D eigenvalue weighted by Crippen LogP contribution is -2.24. The molecule has 25 heavy (non-hydrogen) atoms. The minimum absolute atomic E-state index is 0.0820. The van der Waals surface area contributed by atoms with Gasteiger partial charge in [-0.15, -0.1) is 0 Å². The summed E-state index contributed by atoms with van der Waals surface area (Å²) < 4.78 is 9.77. The number of carbonyl (C=O) groups is 2. The molecule has 0 bridgehead atoms. The molecule has 128 valence electrons. The third-order valence-electron chi connectivity index (χ3n) is 3.21. The first kappa shape index (κ1) is 17.9. The maximum atomic E-state index is 11.7. The zero-order valence-corrected chi connectivity index (χ0v) is 13.7. The number of alkyl carbamates (subject to hydrolysis) is 1. The van der Waals surface area contributed by atoms with Crippen LogP contribution in [0.25, 0.3) is 0 Å². The lowest BCUT2D eigenvalue weighted by atomic mass is 10.1. The Morgan fingerprint density at radius 2 is 1.92 bits per heavy atom. The topological polar surface area (TPSA) is 90.6 Å². The van der Waals surface area contributed by atoms with E-state index in [9.17, 15) is 9.59 Å². The smallest absolute Gasteiger partial charge is 0.408 e. The summed E-state index contributed by atoms with van der Waals surface area (Å²) in [6, 6.07) is 14.1. The molecule has 0 unspecified atom stereocenters. The van der Waals surface area contributed by atoms with Crippen LogP contribution in [-0.4, -0.2) is 25.7 Å². The minimum Gasteiger partial charge on any atom is -0.465 e. The fourth-order valence-electron chi connectivity index (χ4n) is 1.98. The highest BCUT2D eigenvalue weighted by Gasteiger charge is 2.10. The van der Waals surface area contributed by atoms with Crippen molar-refractivity contribution in [1.82, 2.24) is 5.32 Å². The van der Waals surface area contributed by atoms with Crippen LogP contribution in [0.3, 0.4) is 0 Å². The van der Waals surface area contributed by atoms with Gasteiger partial charge in [-0.2, -0.15) is 0 Å². The Morgan fingerprint density at radius 3 is 2.64 bits per heavy atom. The molecule has 0 aliphatic heterocycles. The van der Waals surface area contributed by atoms with Crippen LogP contribution >= 0.6 is 0 Å². The van der Waals surface area contributed by atoms with Gasteiger partial charge in [0.2, 0.25) is 0 Å². The summed E-state index contributed by atoms with van der Waals surface area (Å²) in [7, 11) is 1.28. The number of benzene rings is 2. The molecule has 0 heterocycles. The Kier molecular flexibility index (Phi) is 6.43. The zero-order chi connectivity index (χ0) is 18.1. The van der Waals surface area contributed by atoms with E-state index in [1.54, 1.807) is 12.1 Å². The van der Waals surface area contributed by atoms with Gasteiger partial charge in [0.05, 0.1) is 19.2 Å². The molecule has 3 N–H and O–H groups in total. The molecule has 2 rings (SSSR count). The summed E-state index contributed by atoms with van der Waals surface area (Å²) in [5.41, 5.74) is 7.75. The van der Waals surface area contributed by atoms with Gasteiger partial charge in [-0.3, -0.25) is 0 Å². The van der Waals surface area contributed by atoms with E-state index in [1.807, 2.05) is 30.3 Å². The van der Waals surface area contributed by atoms with Crippen molar-refractivity contribution in [1.29, 1.82) is 0 Å². The fraction of sp³-hybridized carbons (Fsp3) is 0.158. The first-order valence-electron chi connectivity index (χ1n) is 7.51. The second kappa shape index (κ2) is 8.99. The lowest BCUT2D eigenvalue weighted by molar-refractivity contribution is 0.0600. The summed E-state index contributed by atoms with van der Waals surface area (Å²) >= 11 is 0. The Morgan fingerprint density at radius 1 is 1.16 bits per heavy atom. The Hall–Kier alpha value is -3.46. The van der Waals surface area contributed by atoms with Gasteiger partial charge >= 0.3 is 12.1 Å². The maximum Gasteiger partial charge on any atom is 0.408 e. The van der Waals surface area contributed by atoms with Crippen LogP contribution in [0.4, 0.5) is 10.5 Å².